The first kappa shape index (κ1) is 12.4. The lowest BCUT2D eigenvalue weighted by atomic mass is 9.76. The van der Waals surface area contributed by atoms with E-state index in [4.69, 9.17) is 4.74 Å². The number of hydrogen-bond acceptors (Lipinski definition) is 2. The molecule has 16 heavy (non-hydrogen) atoms. The summed E-state index contributed by atoms with van der Waals surface area (Å²) in [7, 11) is -1.38. The zero-order chi connectivity index (χ0) is 12.0. The highest BCUT2D eigenvalue weighted by molar-refractivity contribution is 9.09. The number of halogens is 1. The minimum atomic E-state index is -1.38. The maximum atomic E-state index is 12.1. The van der Waals surface area contributed by atoms with Crippen molar-refractivity contribution in [3.8, 4) is 0 Å². The Balaban J connectivity index is 2.33. The molecule has 0 aromatic heterocycles. The van der Waals surface area contributed by atoms with E-state index in [-0.39, 0.29) is 16.2 Å². The first-order valence-electron chi connectivity index (χ1n) is 5.83. The second-order valence-electron chi connectivity index (χ2n) is 6.08. The van der Waals surface area contributed by atoms with Gasteiger partial charge in [0.1, 0.15) is 0 Å². The molecule has 1 aliphatic heterocycles. The van der Waals surface area contributed by atoms with E-state index in [0.717, 1.165) is 12.8 Å². The van der Waals surface area contributed by atoms with E-state index in [1.807, 2.05) is 6.92 Å². The molecule has 0 saturated carbocycles. The Morgan fingerprint density at radius 3 is 2.94 bits per heavy atom. The molecule has 0 aromatic carbocycles. The Kier molecular flexibility index (Phi) is 3.08. The third kappa shape index (κ3) is 2.14. The van der Waals surface area contributed by atoms with Gasteiger partial charge in [-0.3, -0.25) is 4.79 Å². The Hall–Kier alpha value is -0.0931. The van der Waals surface area contributed by atoms with E-state index in [9.17, 15) is 4.79 Å². The van der Waals surface area contributed by atoms with Crippen LogP contribution < -0.4 is 0 Å². The van der Waals surface area contributed by atoms with Crippen LogP contribution in [0.4, 0.5) is 0 Å². The Morgan fingerprint density at radius 1 is 1.56 bits per heavy atom. The molecule has 2 rings (SSSR count). The van der Waals surface area contributed by atoms with Gasteiger partial charge in [-0.05, 0) is 25.8 Å². The van der Waals surface area contributed by atoms with Crippen molar-refractivity contribution in [3.63, 3.8) is 0 Å². The zero-order valence-electron chi connectivity index (χ0n) is 10.2. The summed E-state index contributed by atoms with van der Waals surface area (Å²) in [5.74, 6) is -0.0137. The lowest BCUT2D eigenvalue weighted by Crippen LogP contribution is -2.46. The standard InChI is InChI=1S/C12H19BrO2Si/c1-12-6-9(4-5-10(12)13)7-16(2,3)8-15-11(12)14/h4,10H,5-8H2,1-3H3/t10-,12-/m0/s1. The summed E-state index contributed by atoms with van der Waals surface area (Å²) in [5.41, 5.74) is 1.13. The van der Waals surface area contributed by atoms with Crippen molar-refractivity contribution in [2.24, 2.45) is 5.41 Å². The van der Waals surface area contributed by atoms with Gasteiger partial charge in [0.2, 0.25) is 0 Å². The Bertz CT molecular complexity index is 351. The highest BCUT2D eigenvalue weighted by atomic mass is 79.9. The van der Waals surface area contributed by atoms with Crippen molar-refractivity contribution in [2.45, 2.75) is 43.7 Å². The van der Waals surface area contributed by atoms with Gasteiger partial charge in [0.05, 0.1) is 19.7 Å². The maximum Gasteiger partial charge on any atom is 0.312 e. The molecule has 0 N–H and O–H groups in total. The fourth-order valence-corrected chi connectivity index (χ4v) is 5.27. The van der Waals surface area contributed by atoms with Crippen molar-refractivity contribution >= 4 is 30.0 Å². The summed E-state index contributed by atoms with van der Waals surface area (Å²) >= 11 is 3.63. The normalized spacial score (nSPS) is 38.1. The van der Waals surface area contributed by atoms with Gasteiger partial charge < -0.3 is 4.74 Å². The molecule has 2 aliphatic rings. The summed E-state index contributed by atoms with van der Waals surface area (Å²) in [4.78, 5) is 12.4. The van der Waals surface area contributed by atoms with Gasteiger partial charge in [-0.25, -0.2) is 0 Å². The van der Waals surface area contributed by atoms with Gasteiger partial charge in [-0.1, -0.05) is 40.7 Å². The Morgan fingerprint density at radius 2 is 2.25 bits per heavy atom. The van der Waals surface area contributed by atoms with E-state index in [0.29, 0.717) is 6.23 Å². The second kappa shape index (κ2) is 3.98. The number of esters is 1. The maximum absolute atomic E-state index is 12.1. The van der Waals surface area contributed by atoms with Crippen LogP contribution >= 0.6 is 15.9 Å². The fourth-order valence-electron chi connectivity index (χ4n) is 2.61. The average Bonchev–Trinajstić information content (AvgIpc) is 2.18. The number of cyclic esters (lactones) is 1. The lowest BCUT2D eigenvalue weighted by molar-refractivity contribution is -0.153. The van der Waals surface area contributed by atoms with Crippen LogP contribution in [0.15, 0.2) is 11.6 Å². The number of allylic oxidation sites excluding steroid dienone is 2. The smallest absolute Gasteiger partial charge is 0.312 e. The van der Waals surface area contributed by atoms with Crippen molar-refractivity contribution in [1.82, 2.24) is 0 Å². The monoisotopic (exact) mass is 302 g/mol. The van der Waals surface area contributed by atoms with Crippen LogP contribution in [-0.4, -0.2) is 25.1 Å². The number of rotatable bonds is 0. The van der Waals surface area contributed by atoms with E-state index < -0.39 is 8.07 Å². The molecular formula is C12H19BrO2Si. The van der Waals surface area contributed by atoms with Crippen LogP contribution in [0, 0.1) is 5.41 Å². The summed E-state index contributed by atoms with van der Waals surface area (Å²) in [6, 6.07) is 1.18. The van der Waals surface area contributed by atoms with Crippen LogP contribution in [-0.2, 0) is 9.53 Å². The Labute approximate surface area is 107 Å². The first-order chi connectivity index (χ1) is 7.33. The quantitative estimate of drug-likeness (QED) is 0.297. The molecule has 0 amide bonds. The van der Waals surface area contributed by atoms with Crippen LogP contribution in [0.5, 0.6) is 0 Å². The molecule has 2 nitrogen and oxygen atoms in total. The average molecular weight is 303 g/mol. The number of alkyl halides is 1. The molecule has 90 valence electrons. The molecule has 0 spiro atoms. The van der Waals surface area contributed by atoms with Crippen molar-refractivity contribution < 1.29 is 9.53 Å². The van der Waals surface area contributed by atoms with E-state index >= 15 is 0 Å². The second-order valence-corrected chi connectivity index (χ2v) is 12.2. The highest BCUT2D eigenvalue weighted by Gasteiger charge is 2.46. The summed E-state index contributed by atoms with van der Waals surface area (Å²) in [5, 5.41) is 0. The molecule has 2 bridgehead atoms. The molecule has 4 heteroatoms. The highest BCUT2D eigenvalue weighted by Crippen LogP contribution is 2.44. The van der Waals surface area contributed by atoms with Crippen molar-refractivity contribution in [1.29, 1.82) is 0 Å². The van der Waals surface area contributed by atoms with Crippen LogP contribution in [0.3, 0.4) is 0 Å². The summed E-state index contributed by atoms with van der Waals surface area (Å²) in [6.45, 7) is 6.62. The SMILES string of the molecule is C[C@]12CC(=CC[C@@H]1Br)C[Si](C)(C)COC2=O. The minimum absolute atomic E-state index is 0.0137. The number of hydrogen-bond donors (Lipinski definition) is 0. The topological polar surface area (TPSA) is 26.3 Å². The molecule has 1 saturated heterocycles. The first-order valence-corrected chi connectivity index (χ1v) is 10.2. The summed E-state index contributed by atoms with van der Waals surface area (Å²) < 4.78 is 5.52. The third-order valence-corrected chi connectivity index (χ3v) is 7.39. The van der Waals surface area contributed by atoms with Gasteiger partial charge in [0, 0.05) is 4.83 Å². The van der Waals surface area contributed by atoms with Crippen LogP contribution in [0.25, 0.3) is 0 Å². The minimum Gasteiger partial charge on any atom is -0.469 e. The molecule has 1 fully saturated rings. The molecule has 1 heterocycles. The van der Waals surface area contributed by atoms with Gasteiger partial charge in [0.15, 0.2) is 0 Å². The zero-order valence-corrected chi connectivity index (χ0v) is 12.8. The molecule has 0 unspecified atom stereocenters. The number of carbonyl (C=O) groups excluding carboxylic acids is 1. The van der Waals surface area contributed by atoms with Crippen molar-refractivity contribution in [2.75, 3.05) is 6.23 Å². The fraction of sp³-hybridized carbons (Fsp3) is 0.750. The van der Waals surface area contributed by atoms with Crippen LogP contribution in [0.1, 0.15) is 19.8 Å². The largest absolute Gasteiger partial charge is 0.469 e. The molecule has 1 aliphatic carbocycles. The third-order valence-electron chi connectivity index (χ3n) is 3.67. The number of fused-ring (bicyclic) bond motifs is 2. The van der Waals surface area contributed by atoms with E-state index in [2.05, 4.69) is 35.1 Å². The molecule has 0 aromatic rings. The van der Waals surface area contributed by atoms with Gasteiger partial charge in [-0.15, -0.1) is 0 Å². The van der Waals surface area contributed by atoms with E-state index in [1.165, 1.54) is 11.6 Å². The van der Waals surface area contributed by atoms with Gasteiger partial charge >= 0.3 is 5.97 Å². The van der Waals surface area contributed by atoms with Gasteiger partial charge in [-0.2, -0.15) is 0 Å². The predicted octanol–water partition coefficient (Wildman–Crippen LogP) is 3.28. The van der Waals surface area contributed by atoms with Crippen molar-refractivity contribution in [3.05, 3.63) is 11.6 Å². The van der Waals surface area contributed by atoms with E-state index in [1.54, 1.807) is 0 Å². The predicted molar refractivity (Wildman–Crippen MR) is 71.4 cm³/mol. The molecule has 0 radical (unpaired) electrons. The lowest BCUT2D eigenvalue weighted by Gasteiger charge is -2.40. The van der Waals surface area contributed by atoms with Crippen LogP contribution in [0.2, 0.25) is 19.1 Å². The molecular weight excluding hydrogens is 284 g/mol. The number of carbonyl (C=O) groups is 1. The molecule has 2 atom stereocenters. The van der Waals surface area contributed by atoms with Gasteiger partial charge in [0.25, 0.3) is 0 Å². The summed E-state index contributed by atoms with van der Waals surface area (Å²) in [6.07, 6.45) is 4.82. The number of ether oxygens (including phenoxy) is 1.